The first kappa shape index (κ1) is 17.5. The van der Waals surface area contributed by atoms with Crippen LogP contribution in [0.4, 0.5) is 5.69 Å². The van der Waals surface area contributed by atoms with Crippen LogP contribution in [-0.4, -0.2) is 27.4 Å². The standard InChI is InChI=1S/C21H28N4/c1-4-6-11-24(5-2)15-19-21(17-8-7-9-18(22)14-17)23-20-13-16(3)10-12-25(19)20/h7-10,12-14H,4-6,11,15,22H2,1-3H3. The van der Waals surface area contributed by atoms with Crippen LogP contribution < -0.4 is 5.73 Å². The average molecular weight is 336 g/mol. The molecule has 0 saturated carbocycles. The van der Waals surface area contributed by atoms with Crippen LogP contribution in [0, 0.1) is 6.92 Å². The maximum absolute atomic E-state index is 6.01. The first-order chi connectivity index (χ1) is 12.1. The number of aromatic nitrogens is 2. The fourth-order valence-corrected chi connectivity index (χ4v) is 3.21. The fourth-order valence-electron chi connectivity index (χ4n) is 3.21. The molecule has 2 aromatic heterocycles. The number of rotatable bonds is 7. The minimum atomic E-state index is 0.773. The van der Waals surface area contributed by atoms with Gasteiger partial charge in [0.2, 0.25) is 0 Å². The number of anilines is 1. The van der Waals surface area contributed by atoms with Crippen LogP contribution in [0.5, 0.6) is 0 Å². The number of hydrogen-bond donors (Lipinski definition) is 1. The SMILES string of the molecule is CCCCN(CC)Cc1c(-c2cccc(N)c2)nc2cc(C)ccn12. The molecule has 0 radical (unpaired) electrons. The number of fused-ring (bicyclic) bond motifs is 1. The number of pyridine rings is 1. The Bertz CT molecular complexity index is 850. The molecule has 4 nitrogen and oxygen atoms in total. The van der Waals surface area contributed by atoms with E-state index in [1.54, 1.807) is 0 Å². The molecule has 2 N–H and O–H groups in total. The molecule has 0 fully saturated rings. The Morgan fingerprint density at radius 3 is 2.72 bits per heavy atom. The topological polar surface area (TPSA) is 46.6 Å². The van der Waals surface area contributed by atoms with Crippen molar-refractivity contribution in [2.24, 2.45) is 0 Å². The van der Waals surface area contributed by atoms with Crippen molar-refractivity contribution in [1.29, 1.82) is 0 Å². The normalized spacial score (nSPS) is 11.5. The van der Waals surface area contributed by atoms with Crippen LogP contribution in [-0.2, 0) is 6.54 Å². The summed E-state index contributed by atoms with van der Waals surface area (Å²) in [6.45, 7) is 9.61. The molecule has 0 unspecified atom stereocenters. The highest BCUT2D eigenvalue weighted by Gasteiger charge is 2.16. The van der Waals surface area contributed by atoms with Crippen molar-refractivity contribution in [2.75, 3.05) is 18.8 Å². The number of nitrogens with two attached hydrogens (primary N) is 1. The van der Waals surface area contributed by atoms with E-state index in [2.05, 4.69) is 54.5 Å². The largest absolute Gasteiger partial charge is 0.399 e. The molecule has 3 aromatic rings. The van der Waals surface area contributed by atoms with Crippen molar-refractivity contribution in [3.63, 3.8) is 0 Å². The van der Waals surface area contributed by atoms with E-state index in [0.717, 1.165) is 42.2 Å². The van der Waals surface area contributed by atoms with Gasteiger partial charge >= 0.3 is 0 Å². The second kappa shape index (κ2) is 7.70. The number of benzene rings is 1. The lowest BCUT2D eigenvalue weighted by Gasteiger charge is -2.20. The first-order valence-electron chi connectivity index (χ1n) is 9.18. The molecule has 0 saturated heterocycles. The predicted molar refractivity (Wildman–Crippen MR) is 106 cm³/mol. The summed E-state index contributed by atoms with van der Waals surface area (Å²) < 4.78 is 2.22. The zero-order valence-electron chi connectivity index (χ0n) is 15.5. The van der Waals surface area contributed by atoms with Gasteiger partial charge in [-0.15, -0.1) is 0 Å². The van der Waals surface area contributed by atoms with Crippen LogP contribution >= 0.6 is 0 Å². The van der Waals surface area contributed by atoms with Crippen molar-refractivity contribution in [2.45, 2.75) is 40.2 Å². The molecule has 3 rings (SSSR count). The number of nitrogens with zero attached hydrogens (tertiary/aromatic N) is 3. The van der Waals surface area contributed by atoms with Crippen molar-refractivity contribution < 1.29 is 0 Å². The summed E-state index contributed by atoms with van der Waals surface area (Å²) in [4.78, 5) is 7.42. The quantitative estimate of drug-likeness (QED) is 0.646. The Hall–Kier alpha value is -2.33. The van der Waals surface area contributed by atoms with Gasteiger partial charge in [-0.25, -0.2) is 4.98 Å². The van der Waals surface area contributed by atoms with Crippen molar-refractivity contribution in [3.8, 4) is 11.3 Å². The van der Waals surface area contributed by atoms with Gasteiger partial charge in [0.05, 0.1) is 11.4 Å². The number of imidazole rings is 1. The van der Waals surface area contributed by atoms with Gasteiger partial charge in [-0.2, -0.15) is 0 Å². The number of nitrogen functional groups attached to an aromatic ring is 1. The van der Waals surface area contributed by atoms with E-state index in [-0.39, 0.29) is 0 Å². The molecule has 0 bridgehead atoms. The number of aryl methyl sites for hydroxylation is 1. The van der Waals surface area contributed by atoms with Gasteiger partial charge in [0, 0.05) is 24.0 Å². The van der Waals surface area contributed by atoms with Crippen molar-refractivity contribution in [3.05, 3.63) is 53.9 Å². The van der Waals surface area contributed by atoms with Crippen LogP contribution in [0.15, 0.2) is 42.6 Å². The highest BCUT2D eigenvalue weighted by atomic mass is 15.1. The summed E-state index contributed by atoms with van der Waals surface area (Å²) in [5.41, 5.74) is 12.4. The summed E-state index contributed by atoms with van der Waals surface area (Å²) in [6.07, 6.45) is 4.57. The minimum Gasteiger partial charge on any atom is -0.399 e. The third-order valence-electron chi connectivity index (χ3n) is 4.69. The summed E-state index contributed by atoms with van der Waals surface area (Å²) >= 11 is 0. The van der Waals surface area contributed by atoms with Crippen LogP contribution in [0.3, 0.4) is 0 Å². The van der Waals surface area contributed by atoms with Gasteiger partial charge < -0.3 is 10.1 Å². The second-order valence-electron chi connectivity index (χ2n) is 6.69. The lowest BCUT2D eigenvalue weighted by atomic mass is 10.1. The molecular weight excluding hydrogens is 308 g/mol. The van der Waals surface area contributed by atoms with Gasteiger partial charge in [-0.3, -0.25) is 4.90 Å². The van der Waals surface area contributed by atoms with E-state index in [1.807, 2.05) is 18.2 Å². The molecule has 0 aliphatic heterocycles. The van der Waals surface area contributed by atoms with E-state index < -0.39 is 0 Å². The van der Waals surface area contributed by atoms with E-state index in [4.69, 9.17) is 10.7 Å². The number of hydrogen-bond acceptors (Lipinski definition) is 3. The summed E-state index contributed by atoms with van der Waals surface area (Å²) in [5, 5.41) is 0. The Balaban J connectivity index is 2.08. The van der Waals surface area contributed by atoms with Gasteiger partial charge in [0.15, 0.2) is 0 Å². The molecule has 4 heteroatoms. The molecule has 0 aliphatic carbocycles. The van der Waals surface area contributed by atoms with Gasteiger partial charge in [0.1, 0.15) is 5.65 Å². The number of unbranched alkanes of at least 4 members (excludes halogenated alkanes) is 1. The van der Waals surface area contributed by atoms with Crippen LogP contribution in [0.25, 0.3) is 16.9 Å². The highest BCUT2D eigenvalue weighted by molar-refractivity contribution is 5.69. The third-order valence-corrected chi connectivity index (χ3v) is 4.69. The monoisotopic (exact) mass is 336 g/mol. The molecule has 0 atom stereocenters. The first-order valence-corrected chi connectivity index (χ1v) is 9.18. The van der Waals surface area contributed by atoms with Gasteiger partial charge in [-0.05, 0) is 56.3 Å². The van der Waals surface area contributed by atoms with Crippen molar-refractivity contribution >= 4 is 11.3 Å². The van der Waals surface area contributed by atoms with Gasteiger partial charge in [-0.1, -0.05) is 32.4 Å². The Labute approximate surface area is 150 Å². The maximum atomic E-state index is 6.01. The molecular formula is C21H28N4. The van der Waals surface area contributed by atoms with Gasteiger partial charge in [0.25, 0.3) is 0 Å². The van der Waals surface area contributed by atoms with E-state index in [0.29, 0.717) is 0 Å². The van der Waals surface area contributed by atoms with Crippen LogP contribution in [0.2, 0.25) is 0 Å². The molecule has 132 valence electrons. The minimum absolute atomic E-state index is 0.773. The zero-order chi connectivity index (χ0) is 17.8. The van der Waals surface area contributed by atoms with Crippen LogP contribution in [0.1, 0.15) is 37.9 Å². The molecule has 1 aromatic carbocycles. The molecule has 25 heavy (non-hydrogen) atoms. The Morgan fingerprint density at radius 2 is 2.00 bits per heavy atom. The predicted octanol–water partition coefficient (Wildman–Crippen LogP) is 4.51. The molecule has 0 spiro atoms. The fraction of sp³-hybridized carbons (Fsp3) is 0.381. The summed E-state index contributed by atoms with van der Waals surface area (Å²) in [5.74, 6) is 0. The van der Waals surface area contributed by atoms with Crippen molar-refractivity contribution in [1.82, 2.24) is 14.3 Å². The second-order valence-corrected chi connectivity index (χ2v) is 6.69. The average Bonchev–Trinajstić information content (AvgIpc) is 2.96. The maximum Gasteiger partial charge on any atom is 0.137 e. The summed E-state index contributed by atoms with van der Waals surface area (Å²) in [7, 11) is 0. The Morgan fingerprint density at radius 1 is 1.16 bits per heavy atom. The molecule has 0 aliphatic rings. The van der Waals surface area contributed by atoms with E-state index in [9.17, 15) is 0 Å². The lowest BCUT2D eigenvalue weighted by Crippen LogP contribution is -2.25. The molecule has 2 heterocycles. The lowest BCUT2D eigenvalue weighted by molar-refractivity contribution is 0.272. The highest BCUT2D eigenvalue weighted by Crippen LogP contribution is 2.27. The summed E-state index contributed by atoms with van der Waals surface area (Å²) in [6, 6.07) is 12.3. The third kappa shape index (κ3) is 3.85. The Kier molecular flexibility index (Phi) is 5.39. The van der Waals surface area contributed by atoms with E-state index in [1.165, 1.54) is 24.1 Å². The van der Waals surface area contributed by atoms with E-state index >= 15 is 0 Å². The molecule has 0 amide bonds. The smallest absolute Gasteiger partial charge is 0.137 e. The zero-order valence-corrected chi connectivity index (χ0v) is 15.5.